The van der Waals surface area contributed by atoms with E-state index in [-0.39, 0.29) is 35.8 Å². The maximum absolute atomic E-state index is 12.4. The van der Waals surface area contributed by atoms with Gasteiger partial charge in [0.25, 0.3) is 5.56 Å². The van der Waals surface area contributed by atoms with Crippen LogP contribution in [0, 0.1) is 18.8 Å². The smallest absolute Gasteiger partial charge is 0.326 e. The molecule has 1 saturated heterocycles. The van der Waals surface area contributed by atoms with Crippen molar-refractivity contribution in [2.45, 2.75) is 39.2 Å². The van der Waals surface area contributed by atoms with Gasteiger partial charge in [-0.25, -0.2) is 4.98 Å². The number of likely N-dealkylation sites (tertiary alicyclic amines) is 1. The molecule has 2 atom stereocenters. The fourth-order valence-electron chi connectivity index (χ4n) is 4.10. The van der Waals surface area contributed by atoms with Crippen LogP contribution in [-0.2, 0) is 25.7 Å². The maximum atomic E-state index is 12.4. The Hall–Kier alpha value is -3.03. The molecule has 0 unspecified atom stereocenters. The summed E-state index contributed by atoms with van der Waals surface area (Å²) in [5.74, 6) is -1.82. The Morgan fingerprint density at radius 1 is 1.18 bits per heavy atom. The van der Waals surface area contributed by atoms with Gasteiger partial charge in [0.15, 0.2) is 0 Å². The predicted molar refractivity (Wildman–Crippen MR) is 98.2 cm³/mol. The highest BCUT2D eigenvalue weighted by atomic mass is 16.5. The van der Waals surface area contributed by atoms with E-state index >= 15 is 0 Å². The third kappa shape index (κ3) is 3.19. The molecule has 2 fully saturated rings. The standard InChI is InChI=1S/C20H21N3O5/c1-12-5-4-8-22-16(24)9-13(21-18(12)22)11-28-17(25)10-23-19(26)14-6-2-3-7-15(14)20(23)27/h4-5,8-9,14-15H,2-3,6-7,10-11H2,1H3/t14-,15+. The molecule has 0 bridgehead atoms. The van der Waals surface area contributed by atoms with Crippen molar-refractivity contribution in [3.05, 3.63) is 46.0 Å². The number of esters is 1. The third-order valence-corrected chi connectivity index (χ3v) is 5.54. The van der Waals surface area contributed by atoms with Crippen molar-refractivity contribution in [1.82, 2.24) is 14.3 Å². The summed E-state index contributed by atoms with van der Waals surface area (Å²) in [6.45, 7) is 1.25. The van der Waals surface area contributed by atoms with Crippen molar-refractivity contribution in [2.75, 3.05) is 6.54 Å². The summed E-state index contributed by atoms with van der Waals surface area (Å²) in [4.78, 5) is 54.6. The van der Waals surface area contributed by atoms with Crippen molar-refractivity contribution in [2.24, 2.45) is 11.8 Å². The van der Waals surface area contributed by atoms with Gasteiger partial charge in [-0.2, -0.15) is 0 Å². The van der Waals surface area contributed by atoms with Crippen molar-refractivity contribution >= 4 is 23.4 Å². The number of hydrogen-bond acceptors (Lipinski definition) is 6. The number of amides is 2. The number of rotatable bonds is 4. The third-order valence-electron chi connectivity index (χ3n) is 5.54. The van der Waals surface area contributed by atoms with Gasteiger partial charge in [-0.15, -0.1) is 0 Å². The molecule has 1 saturated carbocycles. The SMILES string of the molecule is Cc1cccn2c(=O)cc(COC(=O)CN3C(=O)[C@H]4CCCC[C@H]4C3=O)nc12. The first-order valence-corrected chi connectivity index (χ1v) is 9.44. The molecule has 2 aliphatic rings. The molecule has 8 heteroatoms. The molecule has 2 amide bonds. The van der Waals surface area contributed by atoms with Gasteiger partial charge in [0.1, 0.15) is 18.8 Å². The lowest BCUT2D eigenvalue weighted by Crippen LogP contribution is -2.36. The predicted octanol–water partition coefficient (Wildman–Crippen LogP) is 1.22. The van der Waals surface area contributed by atoms with Gasteiger partial charge in [0, 0.05) is 12.3 Å². The van der Waals surface area contributed by atoms with Crippen LogP contribution in [0.1, 0.15) is 36.9 Å². The second-order valence-corrected chi connectivity index (χ2v) is 7.39. The highest BCUT2D eigenvalue weighted by Gasteiger charge is 2.48. The van der Waals surface area contributed by atoms with Gasteiger partial charge in [-0.05, 0) is 31.4 Å². The zero-order valence-electron chi connectivity index (χ0n) is 15.6. The fourth-order valence-corrected chi connectivity index (χ4v) is 4.10. The molecule has 0 radical (unpaired) electrons. The lowest BCUT2D eigenvalue weighted by Gasteiger charge is -2.19. The second kappa shape index (κ2) is 7.18. The van der Waals surface area contributed by atoms with Crippen LogP contribution in [0.5, 0.6) is 0 Å². The molecule has 2 aromatic heterocycles. The van der Waals surface area contributed by atoms with Gasteiger partial charge in [0.05, 0.1) is 17.5 Å². The topological polar surface area (TPSA) is 98.0 Å². The Kier molecular flexibility index (Phi) is 4.70. The number of hydrogen-bond donors (Lipinski definition) is 0. The average molecular weight is 383 g/mol. The van der Waals surface area contributed by atoms with Crippen LogP contribution in [0.25, 0.3) is 5.65 Å². The van der Waals surface area contributed by atoms with Crippen molar-refractivity contribution < 1.29 is 19.1 Å². The summed E-state index contributed by atoms with van der Waals surface area (Å²) in [6.07, 6.45) is 4.88. The van der Waals surface area contributed by atoms with Crippen LogP contribution in [0.3, 0.4) is 0 Å². The number of nitrogens with zero attached hydrogens (tertiary/aromatic N) is 3. The van der Waals surface area contributed by atoms with E-state index in [9.17, 15) is 19.2 Å². The Balaban J connectivity index is 1.43. The number of ether oxygens (including phenoxy) is 1. The summed E-state index contributed by atoms with van der Waals surface area (Å²) in [5.41, 5.74) is 1.37. The summed E-state index contributed by atoms with van der Waals surface area (Å²) in [6, 6.07) is 4.90. The molecule has 1 aliphatic heterocycles. The molecule has 0 N–H and O–H groups in total. The number of aryl methyl sites for hydroxylation is 1. The van der Waals surface area contributed by atoms with Gasteiger partial charge in [-0.3, -0.25) is 28.5 Å². The second-order valence-electron chi connectivity index (χ2n) is 7.39. The van der Waals surface area contributed by atoms with E-state index in [0.717, 1.165) is 23.3 Å². The Morgan fingerprint density at radius 2 is 1.86 bits per heavy atom. The quantitative estimate of drug-likeness (QED) is 0.582. The Morgan fingerprint density at radius 3 is 2.54 bits per heavy atom. The highest BCUT2D eigenvalue weighted by Crippen LogP contribution is 2.37. The zero-order chi connectivity index (χ0) is 19.8. The Labute approximate surface area is 161 Å². The van der Waals surface area contributed by atoms with Crippen LogP contribution in [0.2, 0.25) is 0 Å². The van der Waals surface area contributed by atoms with Gasteiger partial charge < -0.3 is 4.74 Å². The molecule has 0 aromatic carbocycles. The van der Waals surface area contributed by atoms with Crippen molar-refractivity contribution in [3.63, 3.8) is 0 Å². The molecule has 8 nitrogen and oxygen atoms in total. The minimum Gasteiger partial charge on any atom is -0.458 e. The molecule has 28 heavy (non-hydrogen) atoms. The molecule has 0 spiro atoms. The van der Waals surface area contributed by atoms with Crippen LogP contribution >= 0.6 is 0 Å². The zero-order valence-corrected chi connectivity index (χ0v) is 15.6. The van der Waals surface area contributed by atoms with E-state index in [1.165, 1.54) is 10.5 Å². The van der Waals surface area contributed by atoms with E-state index in [1.807, 2.05) is 13.0 Å². The first-order chi connectivity index (χ1) is 13.5. The monoisotopic (exact) mass is 383 g/mol. The number of fused-ring (bicyclic) bond motifs is 2. The molecule has 146 valence electrons. The van der Waals surface area contributed by atoms with E-state index in [1.54, 1.807) is 12.3 Å². The maximum Gasteiger partial charge on any atom is 0.326 e. The van der Waals surface area contributed by atoms with Crippen LogP contribution in [0.4, 0.5) is 0 Å². The van der Waals surface area contributed by atoms with E-state index in [0.29, 0.717) is 24.2 Å². The van der Waals surface area contributed by atoms with Crippen LogP contribution in [0.15, 0.2) is 29.2 Å². The van der Waals surface area contributed by atoms with Crippen molar-refractivity contribution in [1.29, 1.82) is 0 Å². The summed E-state index contributed by atoms with van der Waals surface area (Å²) in [5, 5.41) is 0. The van der Waals surface area contributed by atoms with Gasteiger partial charge in [0.2, 0.25) is 11.8 Å². The lowest BCUT2D eigenvalue weighted by atomic mass is 9.81. The highest BCUT2D eigenvalue weighted by molar-refractivity contribution is 6.07. The summed E-state index contributed by atoms with van der Waals surface area (Å²) >= 11 is 0. The largest absolute Gasteiger partial charge is 0.458 e. The number of aromatic nitrogens is 2. The van der Waals surface area contributed by atoms with Crippen LogP contribution < -0.4 is 5.56 Å². The number of pyridine rings is 1. The van der Waals surface area contributed by atoms with E-state index in [2.05, 4.69) is 4.98 Å². The average Bonchev–Trinajstić information content (AvgIpc) is 2.92. The lowest BCUT2D eigenvalue weighted by molar-refractivity contribution is -0.153. The molecule has 3 heterocycles. The van der Waals surface area contributed by atoms with E-state index in [4.69, 9.17) is 4.74 Å². The summed E-state index contributed by atoms with van der Waals surface area (Å²) < 4.78 is 6.61. The van der Waals surface area contributed by atoms with Crippen molar-refractivity contribution in [3.8, 4) is 0 Å². The fraction of sp³-hybridized carbons (Fsp3) is 0.450. The molecule has 4 rings (SSSR count). The number of imide groups is 1. The molecule has 2 aromatic rings. The molecular weight excluding hydrogens is 362 g/mol. The minimum absolute atomic E-state index is 0.192. The number of carbonyl (C=O) groups excluding carboxylic acids is 3. The normalized spacial score (nSPS) is 21.8. The van der Waals surface area contributed by atoms with Crippen LogP contribution in [-0.4, -0.2) is 38.6 Å². The summed E-state index contributed by atoms with van der Waals surface area (Å²) in [7, 11) is 0. The number of carbonyl (C=O) groups is 3. The first kappa shape index (κ1) is 18.3. The van der Waals surface area contributed by atoms with E-state index < -0.39 is 12.5 Å². The Bertz CT molecular complexity index is 1000. The molecule has 1 aliphatic carbocycles. The van der Waals surface area contributed by atoms with Gasteiger partial charge in [-0.1, -0.05) is 18.9 Å². The minimum atomic E-state index is -0.688. The van der Waals surface area contributed by atoms with Gasteiger partial charge >= 0.3 is 5.97 Å². The molecular formula is C20H21N3O5. The first-order valence-electron chi connectivity index (χ1n) is 9.44.